The Morgan fingerprint density at radius 3 is 2.47 bits per heavy atom. The van der Waals surface area contributed by atoms with Gasteiger partial charge in [0.2, 0.25) is 0 Å². The summed E-state index contributed by atoms with van der Waals surface area (Å²) in [5, 5.41) is 11.7. The van der Waals surface area contributed by atoms with Crippen LogP contribution in [0.5, 0.6) is 0 Å². The first-order chi connectivity index (χ1) is 9.05. The number of carbonyl (C=O) groups excluding carboxylic acids is 2. The van der Waals surface area contributed by atoms with Gasteiger partial charge < -0.3 is 10.4 Å². The molecule has 0 aromatic heterocycles. The Morgan fingerprint density at radius 1 is 1.32 bits per heavy atom. The van der Waals surface area contributed by atoms with Gasteiger partial charge >= 0.3 is 6.03 Å². The molecule has 0 aliphatic carbocycles. The third-order valence-corrected chi connectivity index (χ3v) is 3.90. The second kappa shape index (κ2) is 5.30. The lowest BCUT2D eigenvalue weighted by Crippen LogP contribution is -2.43. The molecule has 1 aliphatic heterocycles. The smallest absolute Gasteiger partial charge is 0.325 e. The number of rotatable bonds is 4. The number of amides is 3. The molecule has 1 fully saturated rings. The molecule has 102 valence electrons. The quantitative estimate of drug-likeness (QED) is 0.826. The SMILES string of the molecule is CC[C@@]1(c2ccc(Br)cc2)NC(=O)N(CCO)C1=O. The molecule has 19 heavy (non-hydrogen) atoms. The number of hydrogen-bond acceptors (Lipinski definition) is 3. The van der Waals surface area contributed by atoms with Crippen LogP contribution < -0.4 is 5.32 Å². The van der Waals surface area contributed by atoms with E-state index in [0.29, 0.717) is 6.42 Å². The summed E-state index contributed by atoms with van der Waals surface area (Å²) in [6, 6.07) is 6.84. The Bertz CT molecular complexity index is 503. The van der Waals surface area contributed by atoms with E-state index in [0.717, 1.165) is 14.9 Å². The maximum Gasteiger partial charge on any atom is 0.325 e. The van der Waals surface area contributed by atoms with Crippen LogP contribution in [-0.2, 0) is 10.3 Å². The number of β-amino-alcohol motifs (C(OH)–C–C–N with tert-alkyl or cyclic N) is 1. The van der Waals surface area contributed by atoms with Gasteiger partial charge in [0.05, 0.1) is 13.2 Å². The Kier molecular flexibility index (Phi) is 3.91. The molecule has 1 atom stereocenters. The third-order valence-electron chi connectivity index (χ3n) is 3.37. The molecular weight excluding hydrogens is 312 g/mol. The highest BCUT2D eigenvalue weighted by Gasteiger charge is 2.50. The van der Waals surface area contributed by atoms with Crippen molar-refractivity contribution in [3.8, 4) is 0 Å². The van der Waals surface area contributed by atoms with Crippen molar-refractivity contribution in [2.45, 2.75) is 18.9 Å². The summed E-state index contributed by atoms with van der Waals surface area (Å²) in [6.07, 6.45) is 0.459. The largest absolute Gasteiger partial charge is 0.395 e. The molecule has 1 heterocycles. The van der Waals surface area contributed by atoms with Crippen molar-refractivity contribution in [2.24, 2.45) is 0 Å². The predicted molar refractivity (Wildman–Crippen MR) is 73.4 cm³/mol. The fourth-order valence-electron chi connectivity index (χ4n) is 2.30. The molecule has 0 saturated carbocycles. The zero-order valence-electron chi connectivity index (χ0n) is 10.5. The third kappa shape index (κ3) is 2.26. The average Bonchev–Trinajstić information content (AvgIpc) is 2.65. The van der Waals surface area contributed by atoms with Crippen LogP contribution in [0.2, 0.25) is 0 Å². The lowest BCUT2D eigenvalue weighted by Gasteiger charge is -2.25. The van der Waals surface area contributed by atoms with Crippen molar-refractivity contribution < 1.29 is 14.7 Å². The second-order valence-electron chi connectivity index (χ2n) is 4.38. The summed E-state index contributed by atoms with van der Waals surface area (Å²) in [7, 11) is 0. The number of aliphatic hydroxyl groups excluding tert-OH is 1. The van der Waals surface area contributed by atoms with Gasteiger partial charge in [-0.1, -0.05) is 35.0 Å². The lowest BCUT2D eigenvalue weighted by molar-refractivity contribution is -0.132. The number of hydrogen-bond donors (Lipinski definition) is 2. The summed E-state index contributed by atoms with van der Waals surface area (Å²) < 4.78 is 0.909. The zero-order valence-corrected chi connectivity index (χ0v) is 12.1. The fraction of sp³-hybridized carbons (Fsp3) is 0.385. The summed E-state index contributed by atoms with van der Waals surface area (Å²) in [5.74, 6) is -0.309. The average molecular weight is 327 g/mol. The molecule has 0 unspecified atom stereocenters. The predicted octanol–water partition coefficient (Wildman–Crippen LogP) is 1.60. The van der Waals surface area contributed by atoms with E-state index in [1.807, 2.05) is 31.2 Å². The number of halogens is 1. The topological polar surface area (TPSA) is 69.6 Å². The molecule has 6 heteroatoms. The van der Waals surface area contributed by atoms with Crippen molar-refractivity contribution in [3.05, 3.63) is 34.3 Å². The Hall–Kier alpha value is -1.40. The monoisotopic (exact) mass is 326 g/mol. The first kappa shape index (κ1) is 14.0. The number of nitrogens with one attached hydrogen (secondary N) is 1. The Labute approximate surface area is 119 Å². The van der Waals surface area contributed by atoms with Crippen LogP contribution in [-0.4, -0.2) is 35.1 Å². The van der Waals surface area contributed by atoms with Crippen LogP contribution in [0.15, 0.2) is 28.7 Å². The van der Waals surface area contributed by atoms with Gasteiger partial charge in [-0.25, -0.2) is 4.79 Å². The van der Waals surface area contributed by atoms with Gasteiger partial charge in [-0.15, -0.1) is 0 Å². The fourth-order valence-corrected chi connectivity index (χ4v) is 2.57. The first-order valence-electron chi connectivity index (χ1n) is 6.06. The van der Waals surface area contributed by atoms with Crippen LogP contribution in [0, 0.1) is 0 Å². The Balaban J connectivity index is 2.41. The van der Waals surface area contributed by atoms with Gasteiger partial charge in [0.15, 0.2) is 0 Å². The summed E-state index contributed by atoms with van der Waals surface area (Å²) in [5.41, 5.74) is -0.274. The molecule has 1 aromatic rings. The molecule has 0 radical (unpaired) electrons. The van der Waals surface area contributed by atoms with E-state index < -0.39 is 11.6 Å². The van der Waals surface area contributed by atoms with Gasteiger partial charge in [0.1, 0.15) is 5.54 Å². The molecule has 0 bridgehead atoms. The maximum absolute atomic E-state index is 12.5. The first-order valence-corrected chi connectivity index (χ1v) is 6.85. The summed E-state index contributed by atoms with van der Waals surface area (Å²) >= 11 is 3.34. The number of imide groups is 1. The van der Waals surface area contributed by atoms with Gasteiger partial charge in [-0.3, -0.25) is 9.69 Å². The van der Waals surface area contributed by atoms with E-state index in [-0.39, 0.29) is 19.1 Å². The number of benzene rings is 1. The van der Waals surface area contributed by atoms with E-state index in [1.165, 1.54) is 0 Å². The van der Waals surface area contributed by atoms with Crippen LogP contribution >= 0.6 is 15.9 Å². The summed E-state index contributed by atoms with van der Waals surface area (Å²) in [6.45, 7) is 1.63. The molecule has 5 nitrogen and oxygen atoms in total. The highest BCUT2D eigenvalue weighted by Crippen LogP contribution is 2.32. The molecule has 0 spiro atoms. The van der Waals surface area contributed by atoms with E-state index in [1.54, 1.807) is 0 Å². The second-order valence-corrected chi connectivity index (χ2v) is 5.29. The van der Waals surface area contributed by atoms with Crippen LogP contribution in [0.1, 0.15) is 18.9 Å². The van der Waals surface area contributed by atoms with Crippen LogP contribution in [0.3, 0.4) is 0 Å². The molecule has 1 saturated heterocycles. The molecule has 1 aromatic carbocycles. The van der Waals surface area contributed by atoms with Crippen molar-refractivity contribution in [1.82, 2.24) is 10.2 Å². The van der Waals surface area contributed by atoms with Crippen molar-refractivity contribution in [3.63, 3.8) is 0 Å². The standard InChI is InChI=1S/C13H15BrN2O3/c1-2-13(9-3-5-10(14)6-4-9)11(18)16(7-8-17)12(19)15-13/h3-6,17H,2,7-8H2,1H3,(H,15,19)/t13-/m0/s1. The van der Waals surface area contributed by atoms with Gasteiger partial charge in [-0.05, 0) is 24.1 Å². The molecule has 2 rings (SSSR count). The lowest BCUT2D eigenvalue weighted by atomic mass is 9.87. The van der Waals surface area contributed by atoms with E-state index in [9.17, 15) is 9.59 Å². The summed E-state index contributed by atoms with van der Waals surface area (Å²) in [4.78, 5) is 25.4. The highest BCUT2D eigenvalue weighted by molar-refractivity contribution is 9.10. The minimum atomic E-state index is -1.02. The van der Waals surface area contributed by atoms with Crippen LogP contribution in [0.25, 0.3) is 0 Å². The maximum atomic E-state index is 12.5. The Morgan fingerprint density at radius 2 is 1.95 bits per heavy atom. The number of carbonyl (C=O) groups is 2. The minimum absolute atomic E-state index is 0.0168. The van der Waals surface area contributed by atoms with Crippen molar-refractivity contribution in [1.29, 1.82) is 0 Å². The van der Waals surface area contributed by atoms with Crippen molar-refractivity contribution >= 4 is 27.9 Å². The van der Waals surface area contributed by atoms with Gasteiger partial charge in [-0.2, -0.15) is 0 Å². The molecular formula is C13H15BrN2O3. The minimum Gasteiger partial charge on any atom is -0.395 e. The van der Waals surface area contributed by atoms with Crippen LogP contribution in [0.4, 0.5) is 4.79 Å². The molecule has 2 N–H and O–H groups in total. The number of nitrogens with zero attached hydrogens (tertiary/aromatic N) is 1. The number of urea groups is 1. The van der Waals surface area contributed by atoms with E-state index in [4.69, 9.17) is 5.11 Å². The van der Waals surface area contributed by atoms with E-state index >= 15 is 0 Å². The van der Waals surface area contributed by atoms with E-state index in [2.05, 4.69) is 21.2 Å². The van der Waals surface area contributed by atoms with Gasteiger partial charge in [0.25, 0.3) is 5.91 Å². The van der Waals surface area contributed by atoms with Gasteiger partial charge in [0, 0.05) is 4.47 Å². The highest BCUT2D eigenvalue weighted by atomic mass is 79.9. The normalized spacial score (nSPS) is 22.8. The molecule has 1 aliphatic rings. The molecule has 3 amide bonds. The number of aliphatic hydroxyl groups is 1. The van der Waals surface area contributed by atoms with Crippen molar-refractivity contribution in [2.75, 3.05) is 13.2 Å². The zero-order chi connectivity index (χ0) is 14.0.